The Kier molecular flexibility index (Phi) is 6.01. The fourth-order valence-corrected chi connectivity index (χ4v) is 4.16. The number of ether oxygens (including phenoxy) is 2. The second-order valence-electron chi connectivity index (χ2n) is 8.11. The van der Waals surface area contributed by atoms with Crippen LogP contribution < -0.4 is 15.0 Å². The molecule has 0 N–H and O–H groups in total. The predicted octanol–water partition coefficient (Wildman–Crippen LogP) is 5.41. The molecule has 0 spiro atoms. The van der Waals surface area contributed by atoms with E-state index in [4.69, 9.17) is 31.2 Å². The lowest BCUT2D eigenvalue weighted by Gasteiger charge is -2.12. The number of methoxy groups -OCH3 is 1. The molecule has 0 saturated heterocycles. The van der Waals surface area contributed by atoms with Crippen LogP contribution in [-0.4, -0.2) is 26.3 Å². The molecule has 176 valence electrons. The van der Waals surface area contributed by atoms with Gasteiger partial charge >= 0.3 is 0 Å². The van der Waals surface area contributed by atoms with Gasteiger partial charge in [-0.3, -0.25) is 9.20 Å². The van der Waals surface area contributed by atoms with Crippen molar-refractivity contribution in [2.24, 2.45) is 0 Å². The largest absolute Gasteiger partial charge is 0.494 e. The van der Waals surface area contributed by atoms with Crippen molar-refractivity contribution in [3.8, 4) is 28.4 Å². The first-order valence-corrected chi connectivity index (χ1v) is 11.4. The van der Waals surface area contributed by atoms with Gasteiger partial charge in [-0.05, 0) is 61.9 Å². The van der Waals surface area contributed by atoms with Crippen molar-refractivity contribution >= 4 is 17.2 Å². The summed E-state index contributed by atoms with van der Waals surface area (Å²) < 4.78 is 14.8. The van der Waals surface area contributed by atoms with Gasteiger partial charge in [0.25, 0.3) is 5.56 Å². The monoisotopic (exact) mass is 486 g/mol. The summed E-state index contributed by atoms with van der Waals surface area (Å²) in [5.74, 6) is 1.21. The summed E-state index contributed by atoms with van der Waals surface area (Å²) in [6, 6.07) is 20.5. The quantitative estimate of drug-likeness (QED) is 0.321. The van der Waals surface area contributed by atoms with Crippen LogP contribution in [0.3, 0.4) is 0 Å². The highest BCUT2D eigenvalue weighted by atomic mass is 35.5. The van der Waals surface area contributed by atoms with Crippen LogP contribution >= 0.6 is 11.6 Å². The van der Waals surface area contributed by atoms with Crippen LogP contribution in [0.25, 0.3) is 22.6 Å². The Balaban J connectivity index is 1.55. The van der Waals surface area contributed by atoms with Gasteiger partial charge in [-0.1, -0.05) is 35.9 Å². The van der Waals surface area contributed by atoms with Crippen molar-refractivity contribution in [2.75, 3.05) is 7.11 Å². The Labute approximate surface area is 207 Å². The zero-order chi connectivity index (χ0) is 24.5. The molecule has 0 aliphatic rings. The molecule has 0 aliphatic heterocycles. The second kappa shape index (κ2) is 9.27. The van der Waals surface area contributed by atoms with Gasteiger partial charge in [-0.2, -0.15) is 5.10 Å². The third-order valence-corrected chi connectivity index (χ3v) is 6.02. The summed E-state index contributed by atoms with van der Waals surface area (Å²) in [5.41, 5.74) is 4.42. The van der Waals surface area contributed by atoms with E-state index in [1.165, 1.54) is 4.40 Å². The maximum absolute atomic E-state index is 13.6. The van der Waals surface area contributed by atoms with Gasteiger partial charge < -0.3 is 9.47 Å². The number of nitrogens with zero attached hydrogens (tertiary/aromatic N) is 4. The fraction of sp³-hybridized carbons (Fsp3) is 0.148. The molecule has 0 amide bonds. The topological polar surface area (TPSA) is 70.7 Å². The average molecular weight is 487 g/mol. The summed E-state index contributed by atoms with van der Waals surface area (Å²) in [5, 5.41) is 5.40. The molecule has 7 nitrogen and oxygen atoms in total. The Morgan fingerprint density at radius 3 is 2.49 bits per heavy atom. The van der Waals surface area contributed by atoms with E-state index >= 15 is 0 Å². The molecule has 8 heteroatoms. The number of hydrogen-bond acceptors (Lipinski definition) is 5. The Morgan fingerprint density at radius 2 is 1.71 bits per heavy atom. The molecule has 5 aromatic rings. The van der Waals surface area contributed by atoms with Crippen LogP contribution in [0.4, 0.5) is 0 Å². The number of aryl methyl sites for hydroxylation is 2. The maximum atomic E-state index is 13.6. The molecule has 2 aromatic carbocycles. The molecule has 35 heavy (non-hydrogen) atoms. The fourth-order valence-electron chi connectivity index (χ4n) is 4.04. The molecule has 5 rings (SSSR count). The van der Waals surface area contributed by atoms with Crippen molar-refractivity contribution in [3.63, 3.8) is 0 Å². The molecule has 0 fully saturated rings. The SMILES string of the molecule is COc1ccccc1-n1nc(-c2c(C)nc3c(OCc4ccc(Cl)cc4)cccn3c2=O)cc1C. The van der Waals surface area contributed by atoms with Crippen LogP contribution in [0.5, 0.6) is 11.5 Å². The van der Waals surface area contributed by atoms with Crippen LogP contribution in [-0.2, 0) is 6.61 Å². The lowest BCUT2D eigenvalue weighted by atomic mass is 10.1. The number of aromatic nitrogens is 4. The smallest absolute Gasteiger partial charge is 0.267 e. The Hall–Kier alpha value is -4.10. The highest BCUT2D eigenvalue weighted by Gasteiger charge is 2.19. The minimum absolute atomic E-state index is 0.214. The highest BCUT2D eigenvalue weighted by molar-refractivity contribution is 6.30. The van der Waals surface area contributed by atoms with E-state index in [1.807, 2.05) is 68.4 Å². The van der Waals surface area contributed by atoms with Crippen molar-refractivity contribution in [1.29, 1.82) is 0 Å². The van der Waals surface area contributed by atoms with Crippen LogP contribution in [0, 0.1) is 13.8 Å². The molecule has 0 bridgehead atoms. The van der Waals surface area contributed by atoms with Gasteiger partial charge in [-0.15, -0.1) is 0 Å². The first-order chi connectivity index (χ1) is 17.0. The molecule has 0 radical (unpaired) electrons. The van der Waals surface area contributed by atoms with Gasteiger partial charge in [-0.25, -0.2) is 9.67 Å². The van der Waals surface area contributed by atoms with Crippen LogP contribution in [0.1, 0.15) is 17.0 Å². The maximum Gasteiger partial charge on any atom is 0.267 e. The van der Waals surface area contributed by atoms with Crippen molar-refractivity contribution in [3.05, 3.63) is 105 Å². The highest BCUT2D eigenvalue weighted by Crippen LogP contribution is 2.27. The first-order valence-electron chi connectivity index (χ1n) is 11.1. The number of para-hydroxylation sites is 2. The van der Waals surface area contributed by atoms with Crippen molar-refractivity contribution < 1.29 is 9.47 Å². The van der Waals surface area contributed by atoms with E-state index in [2.05, 4.69) is 0 Å². The number of rotatable bonds is 6. The zero-order valence-corrected chi connectivity index (χ0v) is 20.3. The van der Waals surface area contributed by atoms with E-state index in [0.29, 0.717) is 45.7 Å². The van der Waals surface area contributed by atoms with Gasteiger partial charge in [0.05, 0.1) is 18.4 Å². The molecule has 0 saturated carbocycles. The third-order valence-electron chi connectivity index (χ3n) is 5.76. The first kappa shape index (κ1) is 22.7. The normalized spacial score (nSPS) is 11.1. The summed E-state index contributed by atoms with van der Waals surface area (Å²) in [4.78, 5) is 18.3. The average Bonchev–Trinajstić information content (AvgIpc) is 3.24. The predicted molar refractivity (Wildman–Crippen MR) is 136 cm³/mol. The van der Waals surface area contributed by atoms with E-state index in [9.17, 15) is 4.79 Å². The van der Waals surface area contributed by atoms with Crippen LogP contribution in [0.2, 0.25) is 5.02 Å². The van der Waals surface area contributed by atoms with Gasteiger partial charge in [0, 0.05) is 16.9 Å². The summed E-state index contributed by atoms with van der Waals surface area (Å²) >= 11 is 5.97. The van der Waals surface area contributed by atoms with Crippen molar-refractivity contribution in [2.45, 2.75) is 20.5 Å². The van der Waals surface area contributed by atoms with Gasteiger partial charge in [0.15, 0.2) is 11.4 Å². The minimum Gasteiger partial charge on any atom is -0.494 e. The number of halogens is 1. The Morgan fingerprint density at radius 1 is 0.971 bits per heavy atom. The Bertz CT molecular complexity index is 1590. The number of hydrogen-bond donors (Lipinski definition) is 0. The van der Waals surface area contributed by atoms with Crippen molar-refractivity contribution in [1.82, 2.24) is 19.2 Å². The number of benzene rings is 2. The number of pyridine rings is 1. The second-order valence-corrected chi connectivity index (χ2v) is 8.55. The van der Waals surface area contributed by atoms with Crippen LogP contribution in [0.15, 0.2) is 77.7 Å². The molecular weight excluding hydrogens is 464 g/mol. The summed E-state index contributed by atoms with van der Waals surface area (Å²) in [6.45, 7) is 4.08. The summed E-state index contributed by atoms with van der Waals surface area (Å²) in [7, 11) is 1.62. The lowest BCUT2D eigenvalue weighted by molar-refractivity contribution is 0.308. The molecule has 0 unspecified atom stereocenters. The molecular formula is C27H23ClN4O3. The van der Waals surface area contributed by atoms with E-state index in [-0.39, 0.29) is 5.56 Å². The van der Waals surface area contributed by atoms with Gasteiger partial charge in [0.2, 0.25) is 0 Å². The standard InChI is InChI=1S/C27H23ClN4O3/c1-17-15-21(30-32(17)22-7-4-5-8-23(22)34-3)25-18(2)29-26-24(9-6-14-31(26)27(25)33)35-16-19-10-12-20(28)13-11-19/h4-15H,16H2,1-3H3. The molecule has 3 heterocycles. The van der Waals surface area contributed by atoms with Gasteiger partial charge in [0.1, 0.15) is 23.7 Å². The lowest BCUT2D eigenvalue weighted by Crippen LogP contribution is -2.19. The minimum atomic E-state index is -0.214. The third kappa shape index (κ3) is 4.26. The zero-order valence-electron chi connectivity index (χ0n) is 19.5. The van der Waals surface area contributed by atoms with E-state index in [1.54, 1.807) is 30.1 Å². The molecule has 0 atom stereocenters. The van der Waals surface area contributed by atoms with E-state index < -0.39 is 0 Å². The van der Waals surface area contributed by atoms with E-state index in [0.717, 1.165) is 16.9 Å². The molecule has 0 aliphatic carbocycles. The molecule has 3 aromatic heterocycles. The number of fused-ring (bicyclic) bond motifs is 1. The summed E-state index contributed by atoms with van der Waals surface area (Å²) in [6.07, 6.45) is 1.69.